The lowest BCUT2D eigenvalue weighted by atomic mass is 9.80. The molecule has 10 nitrogen and oxygen atoms in total. The monoisotopic (exact) mass is 657 g/mol. The van der Waals surface area contributed by atoms with Gasteiger partial charge in [-0.15, -0.1) is 0 Å². The minimum atomic E-state index is -1.99. The van der Waals surface area contributed by atoms with Gasteiger partial charge in [-0.3, -0.25) is 14.3 Å². The third-order valence-corrected chi connectivity index (χ3v) is 8.00. The van der Waals surface area contributed by atoms with Crippen molar-refractivity contribution in [3.63, 3.8) is 0 Å². The number of methoxy groups -OCH3 is 2. The van der Waals surface area contributed by atoms with E-state index in [9.17, 15) is 9.59 Å². The maximum absolute atomic E-state index is 12.9. The zero-order valence-electron chi connectivity index (χ0n) is 23.4. The summed E-state index contributed by atoms with van der Waals surface area (Å²) in [7, 11) is 3.18. The highest BCUT2D eigenvalue weighted by molar-refractivity contribution is 6.76. The van der Waals surface area contributed by atoms with Crippen molar-refractivity contribution in [2.45, 2.75) is 34.1 Å². The van der Waals surface area contributed by atoms with Gasteiger partial charge in [-0.05, 0) is 41.0 Å². The Labute approximate surface area is 266 Å². The Balaban J connectivity index is 1.53. The van der Waals surface area contributed by atoms with Crippen LogP contribution in [0.1, 0.15) is 22.9 Å². The smallest absolute Gasteiger partial charge is 0.330 e. The van der Waals surface area contributed by atoms with Crippen LogP contribution in [-0.2, 0) is 19.8 Å². The van der Waals surface area contributed by atoms with Crippen molar-refractivity contribution in [3.05, 3.63) is 129 Å². The number of nitrogens with zero attached hydrogens (tertiary/aromatic N) is 2. The number of nitrogens with one attached hydrogen (secondary N) is 1. The van der Waals surface area contributed by atoms with Crippen LogP contribution in [0, 0.1) is 0 Å². The second-order valence-electron chi connectivity index (χ2n) is 10.0. The van der Waals surface area contributed by atoms with E-state index in [0.29, 0.717) is 11.5 Å². The van der Waals surface area contributed by atoms with E-state index in [1.54, 1.807) is 14.2 Å². The molecular weight excluding hydrogens is 633 g/mol. The van der Waals surface area contributed by atoms with E-state index in [2.05, 4.69) is 9.98 Å². The predicted octanol–water partition coefficient (Wildman–Crippen LogP) is 4.95. The van der Waals surface area contributed by atoms with Crippen molar-refractivity contribution in [2.75, 3.05) is 14.2 Å². The molecular formula is C31H26Cl3N3O7. The highest BCUT2D eigenvalue weighted by atomic mass is 35.6. The van der Waals surface area contributed by atoms with Gasteiger partial charge < -0.3 is 23.7 Å². The molecule has 2 aliphatic rings. The Morgan fingerprint density at radius 2 is 1.39 bits per heavy atom. The second-order valence-corrected chi connectivity index (χ2v) is 12.3. The second kappa shape index (κ2) is 11.9. The molecule has 44 heavy (non-hydrogen) atoms. The summed E-state index contributed by atoms with van der Waals surface area (Å²) >= 11 is 18.5. The van der Waals surface area contributed by atoms with Crippen molar-refractivity contribution >= 4 is 40.7 Å². The lowest BCUT2D eigenvalue weighted by Crippen LogP contribution is -2.42. The van der Waals surface area contributed by atoms with Gasteiger partial charge >= 0.3 is 5.69 Å². The minimum absolute atomic E-state index is 0.170. The van der Waals surface area contributed by atoms with E-state index in [-0.39, 0.29) is 5.90 Å². The number of aromatic nitrogens is 2. The number of rotatable bonds is 8. The molecule has 0 spiro atoms. The zero-order chi connectivity index (χ0) is 31.1. The lowest BCUT2D eigenvalue weighted by molar-refractivity contribution is -0.215. The van der Waals surface area contributed by atoms with Gasteiger partial charge in [0.15, 0.2) is 12.3 Å². The molecule has 0 unspecified atom stereocenters. The van der Waals surface area contributed by atoms with E-state index in [1.165, 1.54) is 16.8 Å². The number of fused-ring (bicyclic) bond motifs is 1. The van der Waals surface area contributed by atoms with Crippen LogP contribution in [-0.4, -0.2) is 51.9 Å². The average molecular weight is 659 g/mol. The van der Waals surface area contributed by atoms with Crippen LogP contribution in [0.15, 0.2) is 106 Å². The maximum Gasteiger partial charge on any atom is 0.330 e. The first-order valence-electron chi connectivity index (χ1n) is 13.4. The number of hydrogen-bond donors (Lipinski definition) is 1. The largest absolute Gasteiger partial charge is 0.497 e. The molecule has 4 atom stereocenters. The predicted molar refractivity (Wildman–Crippen MR) is 165 cm³/mol. The van der Waals surface area contributed by atoms with Gasteiger partial charge in [0.05, 0.1) is 14.2 Å². The van der Waals surface area contributed by atoms with Gasteiger partial charge in [-0.2, -0.15) is 0 Å². The van der Waals surface area contributed by atoms with Crippen molar-refractivity contribution in [1.82, 2.24) is 9.55 Å². The molecule has 0 saturated carbocycles. The van der Waals surface area contributed by atoms with Crippen LogP contribution in [0.3, 0.4) is 0 Å². The number of alkyl halides is 3. The van der Waals surface area contributed by atoms with Gasteiger partial charge in [-0.25, -0.2) is 9.79 Å². The molecule has 228 valence electrons. The Hall–Kier alpha value is -3.80. The van der Waals surface area contributed by atoms with Crippen molar-refractivity contribution in [1.29, 1.82) is 0 Å². The highest BCUT2D eigenvalue weighted by Crippen LogP contribution is 2.48. The fraction of sp³-hybridized carbons (Fsp3) is 0.258. The third kappa shape index (κ3) is 5.48. The van der Waals surface area contributed by atoms with Gasteiger partial charge in [-0.1, -0.05) is 89.4 Å². The first kappa shape index (κ1) is 30.2. The van der Waals surface area contributed by atoms with Crippen LogP contribution in [0.5, 0.6) is 11.5 Å². The van der Waals surface area contributed by atoms with Gasteiger partial charge in [0.2, 0.25) is 12.2 Å². The molecule has 1 saturated heterocycles. The fourth-order valence-electron chi connectivity index (χ4n) is 5.47. The number of hydrogen-bond acceptors (Lipinski definition) is 8. The van der Waals surface area contributed by atoms with E-state index in [1.807, 2.05) is 78.9 Å². The first-order valence-corrected chi connectivity index (χ1v) is 14.6. The molecule has 1 N–H and O–H groups in total. The van der Waals surface area contributed by atoms with E-state index < -0.39 is 45.3 Å². The fourth-order valence-corrected chi connectivity index (χ4v) is 5.75. The van der Waals surface area contributed by atoms with Gasteiger partial charge in [0.25, 0.3) is 9.35 Å². The number of benzene rings is 3. The number of ether oxygens (including phenoxy) is 5. The van der Waals surface area contributed by atoms with Crippen LogP contribution in [0.2, 0.25) is 0 Å². The quantitative estimate of drug-likeness (QED) is 0.211. The lowest BCUT2D eigenvalue weighted by Gasteiger charge is -2.38. The summed E-state index contributed by atoms with van der Waals surface area (Å²) in [6.45, 7) is 0. The summed E-state index contributed by atoms with van der Waals surface area (Å²) in [5, 5.41) is 0. The standard InChI is InChI=1S/C31H26Cl3N3O7/c1-40-21-12-8-19(9-13-21)30(18-6-4-3-5-7-18,20-10-14-22(41-2)15-11-20)44-27-25-24(36-28(42-25)31(32,33)34)26(43-27)37-17-16-23(38)35-29(37)39/h3-17,24-27H,1-2H3,(H,35,38,39)/t24-,25+,26-,27-/m0/s1. The van der Waals surface area contributed by atoms with E-state index >= 15 is 0 Å². The molecule has 0 amide bonds. The number of H-pyrrole nitrogens is 1. The van der Waals surface area contributed by atoms with Crippen LogP contribution < -0.4 is 20.7 Å². The molecule has 1 fully saturated rings. The molecule has 3 heterocycles. The van der Waals surface area contributed by atoms with Gasteiger partial charge in [0.1, 0.15) is 23.1 Å². The molecule has 2 aliphatic heterocycles. The van der Waals surface area contributed by atoms with Gasteiger partial charge in [0, 0.05) is 12.3 Å². The Morgan fingerprint density at radius 3 is 1.91 bits per heavy atom. The summed E-state index contributed by atoms with van der Waals surface area (Å²) < 4.78 is 29.6. The van der Waals surface area contributed by atoms with Crippen molar-refractivity contribution in [3.8, 4) is 11.5 Å². The topological polar surface area (TPSA) is 113 Å². The summed E-state index contributed by atoms with van der Waals surface area (Å²) in [6, 6.07) is 24.8. The molecule has 0 bridgehead atoms. The zero-order valence-corrected chi connectivity index (χ0v) is 25.6. The number of aromatic amines is 1. The molecule has 3 aromatic carbocycles. The molecule has 4 aromatic rings. The average Bonchev–Trinajstić information content (AvgIpc) is 3.62. The first-order chi connectivity index (χ1) is 21.1. The van der Waals surface area contributed by atoms with E-state index in [0.717, 1.165) is 16.7 Å². The summed E-state index contributed by atoms with van der Waals surface area (Å²) in [5.41, 5.74) is -0.338. The molecule has 6 rings (SSSR count). The SMILES string of the molecule is COc1ccc(C(O[C@@H]2O[C@H](n3ccc(=O)[nH]c3=O)[C@H]3N=C(C(Cl)(Cl)Cl)O[C@@H]23)(c2ccccc2)c2ccc(OC)cc2)cc1. The van der Waals surface area contributed by atoms with Crippen LogP contribution >= 0.6 is 34.8 Å². The number of halogens is 3. The molecule has 0 aliphatic carbocycles. The Bertz CT molecular complexity index is 1720. The summed E-state index contributed by atoms with van der Waals surface area (Å²) in [4.78, 5) is 31.4. The summed E-state index contributed by atoms with van der Waals surface area (Å²) in [5.74, 6) is 1.14. The molecule has 1 aromatic heterocycles. The third-order valence-electron chi connectivity index (χ3n) is 7.52. The Kier molecular flexibility index (Phi) is 8.21. The molecule has 13 heteroatoms. The maximum atomic E-state index is 12.9. The Morgan fingerprint density at radius 1 is 0.818 bits per heavy atom. The summed E-state index contributed by atoms with van der Waals surface area (Å²) in [6.07, 6.45) is -1.86. The minimum Gasteiger partial charge on any atom is -0.497 e. The van der Waals surface area contributed by atoms with Crippen LogP contribution in [0.4, 0.5) is 0 Å². The normalized spacial score (nSPS) is 21.3. The number of aliphatic imine (C=N–C) groups is 1. The van der Waals surface area contributed by atoms with Crippen LogP contribution in [0.25, 0.3) is 0 Å². The van der Waals surface area contributed by atoms with E-state index in [4.69, 9.17) is 58.5 Å². The van der Waals surface area contributed by atoms with Crippen molar-refractivity contribution < 1.29 is 23.7 Å². The molecule has 0 radical (unpaired) electrons. The van der Waals surface area contributed by atoms with Crippen molar-refractivity contribution in [2.24, 2.45) is 4.99 Å². The highest BCUT2D eigenvalue weighted by Gasteiger charge is 2.57.